The highest BCUT2D eigenvalue weighted by Gasteiger charge is 1.95. The van der Waals surface area contributed by atoms with Gasteiger partial charge in [0, 0.05) is 0 Å². The van der Waals surface area contributed by atoms with Crippen molar-refractivity contribution in [1.82, 2.24) is 0 Å². The van der Waals surface area contributed by atoms with Gasteiger partial charge in [0.2, 0.25) is 0 Å². The van der Waals surface area contributed by atoms with Crippen molar-refractivity contribution in [3.8, 4) is 0 Å². The first-order valence-electron chi connectivity index (χ1n) is 4.41. The van der Waals surface area contributed by atoms with Gasteiger partial charge in [-0.1, -0.05) is 59.8 Å². The van der Waals surface area contributed by atoms with E-state index in [0.29, 0.717) is 0 Å². The van der Waals surface area contributed by atoms with Crippen LogP contribution in [0.5, 0.6) is 0 Å². The monoisotopic (exact) mass is 130 g/mol. The third kappa shape index (κ3) is 18.0. The Morgan fingerprint density at radius 2 is 0.889 bits per heavy atom. The van der Waals surface area contributed by atoms with Crippen LogP contribution in [0.25, 0.3) is 0 Å². The molecule has 0 unspecified atom stereocenters. The molecule has 0 nitrogen and oxygen atoms in total. The fourth-order valence-corrected chi connectivity index (χ4v) is 0.250. The first-order chi connectivity index (χ1) is 4.41. The summed E-state index contributed by atoms with van der Waals surface area (Å²) in [7, 11) is 0. The maximum Gasteiger partial charge on any atom is -0.0533 e. The average molecular weight is 130 g/mol. The molecule has 58 valence electrons. The number of hydrogen-bond donors (Lipinski definition) is 0. The van der Waals surface area contributed by atoms with Crippen LogP contribution in [0.3, 0.4) is 0 Å². The van der Waals surface area contributed by atoms with Crippen LogP contribution in [-0.4, -0.2) is 0 Å². The summed E-state index contributed by atoms with van der Waals surface area (Å²) in [4.78, 5) is 0. The molecule has 0 bridgehead atoms. The Labute approximate surface area is 60.7 Å². The normalized spacial score (nSPS) is 13.3. The molecular weight excluding hydrogens is 108 g/mol. The first kappa shape index (κ1) is 11.8. The Kier molecular flexibility index (Phi) is 20.5. The summed E-state index contributed by atoms with van der Waals surface area (Å²) in [6, 6.07) is 0. The molecule has 1 saturated carbocycles. The highest BCUT2D eigenvalue weighted by molar-refractivity contribution is 4.50. The lowest BCUT2D eigenvalue weighted by molar-refractivity contribution is 0.504. The second-order valence-electron chi connectivity index (χ2n) is 2.12. The summed E-state index contributed by atoms with van der Waals surface area (Å²) in [6.45, 7) is 8.25. The van der Waals surface area contributed by atoms with Gasteiger partial charge in [0.15, 0.2) is 0 Å². The van der Waals surface area contributed by atoms with Gasteiger partial charge in [-0.2, -0.15) is 0 Å². The standard InChI is InChI=1S/C4H8.C3H8.C2H6/c1-2-4-3-1;1-3-2;1-2/h1-4H2;3H2,1-2H3;1-2H3. The fourth-order valence-electron chi connectivity index (χ4n) is 0.250. The van der Waals surface area contributed by atoms with Crippen LogP contribution in [0.4, 0.5) is 0 Å². The quantitative estimate of drug-likeness (QED) is 0.465. The Hall–Kier alpha value is 0. The minimum absolute atomic E-state index is 1.25. The minimum atomic E-state index is 1.25. The predicted octanol–water partition coefficient (Wildman–Crippen LogP) is 4.00. The second-order valence-corrected chi connectivity index (χ2v) is 2.12. The van der Waals surface area contributed by atoms with E-state index in [1.165, 1.54) is 32.1 Å². The summed E-state index contributed by atoms with van der Waals surface area (Å²) in [5, 5.41) is 0. The first-order valence-corrected chi connectivity index (χ1v) is 4.41. The molecule has 1 aliphatic rings. The van der Waals surface area contributed by atoms with Gasteiger partial charge in [0.05, 0.1) is 0 Å². The topological polar surface area (TPSA) is 0 Å². The molecular formula is C9H22. The van der Waals surface area contributed by atoms with Crippen LogP contribution in [0, 0.1) is 0 Å². The SMILES string of the molecule is C1CCC1.CC.CCC. The van der Waals surface area contributed by atoms with Crippen LogP contribution >= 0.6 is 0 Å². The molecule has 0 aromatic heterocycles. The predicted molar refractivity (Wildman–Crippen MR) is 45.8 cm³/mol. The van der Waals surface area contributed by atoms with Gasteiger partial charge in [-0.3, -0.25) is 0 Å². The molecule has 1 rings (SSSR count). The molecule has 1 fully saturated rings. The fraction of sp³-hybridized carbons (Fsp3) is 1.00. The van der Waals surface area contributed by atoms with Crippen molar-refractivity contribution in [1.29, 1.82) is 0 Å². The molecule has 0 heteroatoms. The van der Waals surface area contributed by atoms with Gasteiger partial charge in [-0.15, -0.1) is 0 Å². The Balaban J connectivity index is 0. The highest BCUT2D eigenvalue weighted by atomic mass is 14.0. The largest absolute Gasteiger partial charge is 0.0683 e. The van der Waals surface area contributed by atoms with E-state index in [-0.39, 0.29) is 0 Å². The van der Waals surface area contributed by atoms with Crippen molar-refractivity contribution in [3.05, 3.63) is 0 Å². The minimum Gasteiger partial charge on any atom is -0.0683 e. The Morgan fingerprint density at radius 3 is 0.889 bits per heavy atom. The Morgan fingerprint density at radius 1 is 0.778 bits per heavy atom. The van der Waals surface area contributed by atoms with Crippen molar-refractivity contribution in [3.63, 3.8) is 0 Å². The molecule has 9 heavy (non-hydrogen) atoms. The van der Waals surface area contributed by atoms with Gasteiger partial charge >= 0.3 is 0 Å². The summed E-state index contributed by atoms with van der Waals surface area (Å²) >= 11 is 0. The summed E-state index contributed by atoms with van der Waals surface area (Å²) < 4.78 is 0. The lowest BCUT2D eigenvalue weighted by Crippen LogP contribution is -1.85. The van der Waals surface area contributed by atoms with Crippen molar-refractivity contribution < 1.29 is 0 Å². The maximum absolute atomic E-state index is 2.12. The molecule has 0 aliphatic heterocycles. The smallest absolute Gasteiger partial charge is 0.0533 e. The van der Waals surface area contributed by atoms with E-state index in [1.807, 2.05) is 13.8 Å². The Bertz CT molecular complexity index is 15.2. The molecule has 0 aromatic rings. The molecule has 1 aliphatic carbocycles. The van der Waals surface area contributed by atoms with E-state index >= 15 is 0 Å². The molecule has 0 saturated heterocycles. The van der Waals surface area contributed by atoms with Crippen LogP contribution in [0.1, 0.15) is 59.8 Å². The molecule has 0 radical (unpaired) electrons. The molecule has 0 heterocycles. The van der Waals surface area contributed by atoms with Crippen molar-refractivity contribution in [2.45, 2.75) is 59.8 Å². The zero-order chi connectivity index (χ0) is 7.54. The maximum atomic E-state index is 2.12. The van der Waals surface area contributed by atoms with E-state index < -0.39 is 0 Å². The van der Waals surface area contributed by atoms with Crippen LogP contribution < -0.4 is 0 Å². The van der Waals surface area contributed by atoms with Crippen LogP contribution in [0.15, 0.2) is 0 Å². The van der Waals surface area contributed by atoms with Gasteiger partial charge in [0.1, 0.15) is 0 Å². The molecule has 0 N–H and O–H groups in total. The van der Waals surface area contributed by atoms with Gasteiger partial charge in [0.25, 0.3) is 0 Å². The van der Waals surface area contributed by atoms with E-state index in [4.69, 9.17) is 0 Å². The van der Waals surface area contributed by atoms with Gasteiger partial charge < -0.3 is 0 Å². The van der Waals surface area contributed by atoms with Crippen molar-refractivity contribution in [2.24, 2.45) is 0 Å². The summed E-state index contributed by atoms with van der Waals surface area (Å²) in [5.74, 6) is 0. The van der Waals surface area contributed by atoms with Gasteiger partial charge in [-0.05, 0) is 0 Å². The lowest BCUT2D eigenvalue weighted by atomic mass is 10.0. The zero-order valence-electron chi connectivity index (χ0n) is 7.54. The van der Waals surface area contributed by atoms with Crippen molar-refractivity contribution in [2.75, 3.05) is 0 Å². The third-order valence-corrected chi connectivity index (χ3v) is 1.000. The second kappa shape index (κ2) is 15.7. The van der Waals surface area contributed by atoms with Gasteiger partial charge in [-0.25, -0.2) is 0 Å². The lowest BCUT2D eigenvalue weighted by Gasteiger charge is -2.05. The number of rotatable bonds is 0. The highest BCUT2D eigenvalue weighted by Crippen LogP contribution is 2.15. The van der Waals surface area contributed by atoms with Crippen LogP contribution in [0.2, 0.25) is 0 Å². The van der Waals surface area contributed by atoms with Crippen LogP contribution in [-0.2, 0) is 0 Å². The number of hydrogen-bond acceptors (Lipinski definition) is 0. The van der Waals surface area contributed by atoms with E-state index in [0.717, 1.165) is 0 Å². The summed E-state index contributed by atoms with van der Waals surface area (Å²) in [5.41, 5.74) is 0. The molecule has 0 aromatic carbocycles. The van der Waals surface area contributed by atoms with E-state index in [9.17, 15) is 0 Å². The van der Waals surface area contributed by atoms with Crippen molar-refractivity contribution >= 4 is 0 Å². The van der Waals surface area contributed by atoms with E-state index in [2.05, 4.69) is 13.8 Å². The van der Waals surface area contributed by atoms with E-state index in [1.54, 1.807) is 0 Å². The summed E-state index contributed by atoms with van der Waals surface area (Å²) in [6.07, 6.45) is 7.25. The average Bonchev–Trinajstić information content (AvgIpc) is 1.68. The zero-order valence-corrected chi connectivity index (χ0v) is 7.54. The molecule has 0 spiro atoms. The molecule has 0 atom stereocenters. The third-order valence-electron chi connectivity index (χ3n) is 1.000. The molecule has 0 amide bonds.